The zero-order valence-electron chi connectivity index (χ0n) is 10.4. The molecule has 0 radical (unpaired) electrons. The maximum absolute atomic E-state index is 5.74. The van der Waals surface area contributed by atoms with Crippen LogP contribution in [0, 0.1) is 0 Å². The van der Waals surface area contributed by atoms with Gasteiger partial charge in [-0.2, -0.15) is 4.98 Å². The average Bonchev–Trinajstić information content (AvgIpc) is 2.92. The molecule has 96 valence electrons. The molecule has 0 aliphatic heterocycles. The second-order valence-corrected chi connectivity index (χ2v) is 5.11. The Labute approximate surface area is 114 Å². The molecule has 3 aromatic rings. The first kappa shape index (κ1) is 11.9. The van der Waals surface area contributed by atoms with E-state index in [0.717, 1.165) is 21.7 Å². The van der Waals surface area contributed by atoms with Crippen LogP contribution in [0.4, 0.5) is 11.8 Å². The molecule has 1 aromatic carbocycles. The highest BCUT2D eigenvalue weighted by molar-refractivity contribution is 7.09. The van der Waals surface area contributed by atoms with Crippen LogP contribution in [0.25, 0.3) is 10.9 Å². The van der Waals surface area contributed by atoms with Crippen LogP contribution in [0.1, 0.15) is 18.0 Å². The van der Waals surface area contributed by atoms with Crippen molar-refractivity contribution in [2.24, 2.45) is 0 Å². The molecule has 2 heterocycles. The highest BCUT2D eigenvalue weighted by atomic mass is 32.1. The summed E-state index contributed by atoms with van der Waals surface area (Å²) in [6, 6.07) is 7.88. The van der Waals surface area contributed by atoms with Crippen molar-refractivity contribution in [3.05, 3.63) is 40.8 Å². The van der Waals surface area contributed by atoms with E-state index in [1.807, 2.05) is 36.6 Å². The van der Waals surface area contributed by atoms with E-state index in [4.69, 9.17) is 5.73 Å². The molecule has 0 saturated carbocycles. The lowest BCUT2D eigenvalue weighted by Gasteiger charge is -2.14. The summed E-state index contributed by atoms with van der Waals surface area (Å²) < 4.78 is 0. The van der Waals surface area contributed by atoms with Crippen molar-refractivity contribution in [3.63, 3.8) is 0 Å². The zero-order valence-corrected chi connectivity index (χ0v) is 11.2. The van der Waals surface area contributed by atoms with Crippen molar-refractivity contribution in [2.45, 2.75) is 13.0 Å². The Morgan fingerprint density at radius 3 is 2.89 bits per heavy atom. The summed E-state index contributed by atoms with van der Waals surface area (Å²) in [5, 5.41) is 7.28. The second-order valence-electron chi connectivity index (χ2n) is 4.18. The number of nitrogen functional groups attached to an aromatic ring is 1. The number of nitrogens with two attached hydrogens (primary N) is 1. The Kier molecular flexibility index (Phi) is 3.00. The van der Waals surface area contributed by atoms with Gasteiger partial charge in [0.15, 0.2) is 0 Å². The van der Waals surface area contributed by atoms with E-state index in [-0.39, 0.29) is 12.0 Å². The summed E-state index contributed by atoms with van der Waals surface area (Å²) in [5.41, 5.74) is 6.58. The number of benzene rings is 1. The monoisotopic (exact) mass is 271 g/mol. The van der Waals surface area contributed by atoms with Gasteiger partial charge >= 0.3 is 0 Å². The van der Waals surface area contributed by atoms with Gasteiger partial charge in [0, 0.05) is 17.0 Å². The summed E-state index contributed by atoms with van der Waals surface area (Å²) in [5.74, 6) is 1.01. The van der Waals surface area contributed by atoms with Crippen LogP contribution in [0.15, 0.2) is 35.8 Å². The van der Waals surface area contributed by atoms with Gasteiger partial charge in [0.05, 0.1) is 11.6 Å². The minimum atomic E-state index is 0.0812. The van der Waals surface area contributed by atoms with E-state index < -0.39 is 0 Å². The summed E-state index contributed by atoms with van der Waals surface area (Å²) in [4.78, 5) is 12.8. The number of thiazole rings is 1. The molecule has 0 fully saturated rings. The maximum Gasteiger partial charge on any atom is 0.222 e. The third kappa shape index (κ3) is 2.34. The zero-order chi connectivity index (χ0) is 13.2. The van der Waals surface area contributed by atoms with E-state index in [9.17, 15) is 0 Å². The number of rotatable bonds is 3. The first-order chi connectivity index (χ1) is 9.24. The van der Waals surface area contributed by atoms with Gasteiger partial charge in [-0.3, -0.25) is 0 Å². The Morgan fingerprint density at radius 1 is 1.26 bits per heavy atom. The minimum absolute atomic E-state index is 0.0812. The molecule has 19 heavy (non-hydrogen) atoms. The van der Waals surface area contributed by atoms with Gasteiger partial charge in [0.2, 0.25) is 5.95 Å². The molecular formula is C13H13N5S. The van der Waals surface area contributed by atoms with Crippen molar-refractivity contribution in [2.75, 3.05) is 11.1 Å². The van der Waals surface area contributed by atoms with Gasteiger partial charge in [-0.15, -0.1) is 11.3 Å². The SMILES string of the molecule is CC(Nc1nc(N)nc2ccccc12)c1nccs1. The molecule has 1 unspecified atom stereocenters. The number of aromatic nitrogens is 3. The summed E-state index contributed by atoms with van der Waals surface area (Å²) >= 11 is 1.61. The topological polar surface area (TPSA) is 76.7 Å². The van der Waals surface area contributed by atoms with Gasteiger partial charge in [-0.25, -0.2) is 9.97 Å². The molecule has 2 aromatic heterocycles. The second kappa shape index (κ2) is 4.81. The van der Waals surface area contributed by atoms with E-state index in [0.29, 0.717) is 0 Å². The normalized spacial score (nSPS) is 12.5. The smallest absolute Gasteiger partial charge is 0.222 e. The van der Waals surface area contributed by atoms with Gasteiger partial charge in [0.1, 0.15) is 10.8 Å². The number of nitrogens with zero attached hydrogens (tertiary/aromatic N) is 3. The summed E-state index contributed by atoms with van der Waals surface area (Å²) in [7, 11) is 0. The van der Waals surface area contributed by atoms with Crippen LogP contribution in [-0.2, 0) is 0 Å². The van der Waals surface area contributed by atoms with Gasteiger partial charge in [-0.1, -0.05) is 12.1 Å². The molecule has 0 spiro atoms. The molecular weight excluding hydrogens is 258 g/mol. The molecule has 1 atom stereocenters. The standard InChI is InChI=1S/C13H13N5S/c1-8(12-15-6-7-19-12)16-11-9-4-2-3-5-10(9)17-13(14)18-11/h2-8H,1H3,(H3,14,16,17,18). The maximum atomic E-state index is 5.74. The Hall–Kier alpha value is -2.21. The van der Waals surface area contributed by atoms with E-state index >= 15 is 0 Å². The van der Waals surface area contributed by atoms with Crippen LogP contribution in [0.3, 0.4) is 0 Å². The Bertz CT molecular complexity index is 695. The first-order valence-corrected chi connectivity index (χ1v) is 6.80. The van der Waals surface area contributed by atoms with Gasteiger partial charge < -0.3 is 11.1 Å². The van der Waals surface area contributed by atoms with Crippen molar-refractivity contribution in [1.82, 2.24) is 15.0 Å². The van der Waals surface area contributed by atoms with E-state index in [2.05, 4.69) is 20.3 Å². The van der Waals surface area contributed by atoms with Crippen molar-refractivity contribution in [1.29, 1.82) is 0 Å². The average molecular weight is 271 g/mol. The van der Waals surface area contributed by atoms with Gasteiger partial charge in [0.25, 0.3) is 0 Å². The lowest BCUT2D eigenvalue weighted by molar-refractivity contribution is 0.863. The Balaban J connectivity index is 2.00. The first-order valence-electron chi connectivity index (χ1n) is 5.92. The molecule has 0 bridgehead atoms. The van der Waals surface area contributed by atoms with Crippen molar-refractivity contribution < 1.29 is 0 Å². The van der Waals surface area contributed by atoms with Crippen LogP contribution < -0.4 is 11.1 Å². The predicted molar refractivity (Wildman–Crippen MR) is 78.1 cm³/mol. The molecule has 6 heteroatoms. The number of para-hydroxylation sites is 1. The Morgan fingerprint density at radius 2 is 2.11 bits per heavy atom. The molecule has 0 amide bonds. The fourth-order valence-corrected chi connectivity index (χ4v) is 2.57. The molecule has 5 nitrogen and oxygen atoms in total. The number of fused-ring (bicyclic) bond motifs is 1. The molecule has 0 aliphatic rings. The van der Waals surface area contributed by atoms with Crippen molar-refractivity contribution in [3.8, 4) is 0 Å². The number of anilines is 2. The van der Waals surface area contributed by atoms with Gasteiger partial charge in [-0.05, 0) is 19.1 Å². The molecule has 0 aliphatic carbocycles. The number of hydrogen-bond donors (Lipinski definition) is 2. The lowest BCUT2D eigenvalue weighted by atomic mass is 10.2. The van der Waals surface area contributed by atoms with Crippen LogP contribution in [0.5, 0.6) is 0 Å². The fourth-order valence-electron chi connectivity index (χ4n) is 1.92. The van der Waals surface area contributed by atoms with Crippen LogP contribution in [-0.4, -0.2) is 15.0 Å². The molecule has 0 saturated heterocycles. The number of hydrogen-bond acceptors (Lipinski definition) is 6. The molecule has 3 rings (SSSR count). The van der Waals surface area contributed by atoms with E-state index in [1.165, 1.54) is 0 Å². The third-order valence-corrected chi connectivity index (χ3v) is 3.75. The predicted octanol–water partition coefficient (Wildman–Crippen LogP) is 2.84. The summed E-state index contributed by atoms with van der Waals surface area (Å²) in [6.07, 6.45) is 1.80. The van der Waals surface area contributed by atoms with Crippen molar-refractivity contribution >= 4 is 34.0 Å². The number of nitrogens with one attached hydrogen (secondary N) is 1. The molecule has 3 N–H and O–H groups in total. The fraction of sp³-hybridized carbons (Fsp3) is 0.154. The highest BCUT2D eigenvalue weighted by Gasteiger charge is 2.12. The summed E-state index contributed by atoms with van der Waals surface area (Å²) in [6.45, 7) is 2.05. The highest BCUT2D eigenvalue weighted by Crippen LogP contribution is 2.25. The van der Waals surface area contributed by atoms with Crippen LogP contribution >= 0.6 is 11.3 Å². The largest absolute Gasteiger partial charge is 0.368 e. The third-order valence-electron chi connectivity index (χ3n) is 2.80. The lowest BCUT2D eigenvalue weighted by Crippen LogP contribution is -2.09. The minimum Gasteiger partial charge on any atom is -0.368 e. The van der Waals surface area contributed by atoms with E-state index in [1.54, 1.807) is 17.5 Å². The quantitative estimate of drug-likeness (QED) is 0.766. The van der Waals surface area contributed by atoms with Crippen LogP contribution in [0.2, 0.25) is 0 Å².